The molecule has 0 aliphatic heterocycles. The number of aromatic nitrogens is 2. The van der Waals surface area contributed by atoms with E-state index in [4.69, 9.17) is 0 Å². The summed E-state index contributed by atoms with van der Waals surface area (Å²) < 4.78 is 26.2. The van der Waals surface area contributed by atoms with Gasteiger partial charge < -0.3 is 5.32 Å². The minimum atomic E-state index is -3.76. The highest BCUT2D eigenvalue weighted by Crippen LogP contribution is 2.20. The smallest absolute Gasteiger partial charge is 0.246 e. The van der Waals surface area contributed by atoms with Crippen molar-refractivity contribution in [3.63, 3.8) is 0 Å². The van der Waals surface area contributed by atoms with Gasteiger partial charge in [0.1, 0.15) is 4.90 Å². The number of benzene rings is 1. The van der Waals surface area contributed by atoms with Gasteiger partial charge in [-0.15, -0.1) is 0 Å². The van der Waals surface area contributed by atoms with Gasteiger partial charge in [0.15, 0.2) is 0 Å². The van der Waals surface area contributed by atoms with Crippen molar-refractivity contribution in [1.82, 2.24) is 19.8 Å². The molecule has 0 bridgehead atoms. The summed E-state index contributed by atoms with van der Waals surface area (Å²) in [5, 5.41) is 9.27. The Kier molecular flexibility index (Phi) is 5.40. The van der Waals surface area contributed by atoms with Crippen LogP contribution in [0.3, 0.4) is 0 Å². The summed E-state index contributed by atoms with van der Waals surface area (Å²) in [6.45, 7) is 5.34. The summed E-state index contributed by atoms with van der Waals surface area (Å²) in [7, 11) is -2.38. The number of aromatic amines is 1. The van der Waals surface area contributed by atoms with Crippen LogP contribution in [0.1, 0.15) is 22.5 Å². The number of H-pyrrole nitrogens is 1. The number of nitrogens with one attached hydrogen (secondary N) is 2. The lowest BCUT2D eigenvalue weighted by atomic mass is 10.1. The van der Waals surface area contributed by atoms with E-state index in [0.717, 1.165) is 15.4 Å². The van der Waals surface area contributed by atoms with E-state index in [-0.39, 0.29) is 17.3 Å². The maximum absolute atomic E-state index is 12.6. The third-order valence-corrected chi connectivity index (χ3v) is 5.77. The van der Waals surface area contributed by atoms with Crippen LogP contribution in [-0.4, -0.2) is 42.4 Å². The van der Waals surface area contributed by atoms with Gasteiger partial charge in [0.2, 0.25) is 15.9 Å². The fourth-order valence-electron chi connectivity index (χ4n) is 2.33. The second-order valence-electron chi connectivity index (χ2n) is 5.79. The summed E-state index contributed by atoms with van der Waals surface area (Å²) in [5.41, 5.74) is 2.95. The minimum Gasteiger partial charge on any atom is -0.351 e. The molecule has 0 saturated carbocycles. The van der Waals surface area contributed by atoms with Gasteiger partial charge in [-0.1, -0.05) is 29.8 Å². The first-order valence-corrected chi connectivity index (χ1v) is 8.96. The van der Waals surface area contributed by atoms with Crippen LogP contribution in [0.2, 0.25) is 0 Å². The van der Waals surface area contributed by atoms with Gasteiger partial charge in [-0.3, -0.25) is 9.89 Å². The summed E-state index contributed by atoms with van der Waals surface area (Å²) >= 11 is 0. The third-order valence-electron chi connectivity index (χ3n) is 3.71. The Hall–Kier alpha value is -2.19. The Bertz CT molecular complexity index is 806. The molecule has 130 valence electrons. The number of likely N-dealkylation sites (N-methyl/N-ethyl adjacent to an activating group) is 1. The van der Waals surface area contributed by atoms with E-state index in [1.165, 1.54) is 7.05 Å². The maximum Gasteiger partial charge on any atom is 0.246 e. The monoisotopic (exact) mass is 350 g/mol. The molecule has 2 rings (SSSR count). The first kappa shape index (κ1) is 18.2. The normalized spacial score (nSPS) is 11.7. The quantitative estimate of drug-likeness (QED) is 0.820. The Morgan fingerprint density at radius 2 is 1.83 bits per heavy atom. The van der Waals surface area contributed by atoms with E-state index in [0.29, 0.717) is 17.9 Å². The first-order chi connectivity index (χ1) is 11.2. The highest BCUT2D eigenvalue weighted by atomic mass is 32.2. The number of carbonyl (C=O) groups excluding carboxylic acids is 1. The number of hydrogen-bond acceptors (Lipinski definition) is 4. The third kappa shape index (κ3) is 4.01. The molecule has 2 aromatic rings. The Morgan fingerprint density at radius 3 is 2.38 bits per heavy atom. The van der Waals surface area contributed by atoms with E-state index in [2.05, 4.69) is 15.5 Å². The van der Waals surface area contributed by atoms with Gasteiger partial charge in [-0.2, -0.15) is 9.40 Å². The van der Waals surface area contributed by atoms with Crippen molar-refractivity contribution >= 4 is 15.9 Å². The van der Waals surface area contributed by atoms with Crippen molar-refractivity contribution in [2.45, 2.75) is 32.2 Å². The summed E-state index contributed by atoms with van der Waals surface area (Å²) in [6, 6.07) is 7.77. The lowest BCUT2D eigenvalue weighted by Gasteiger charge is -2.17. The van der Waals surface area contributed by atoms with E-state index in [9.17, 15) is 13.2 Å². The van der Waals surface area contributed by atoms with Crippen LogP contribution in [0.25, 0.3) is 0 Å². The van der Waals surface area contributed by atoms with Gasteiger partial charge in [0.25, 0.3) is 0 Å². The maximum atomic E-state index is 12.6. The second kappa shape index (κ2) is 7.14. The SMILES string of the molecule is Cc1ccc(CNC(=O)CN(C)S(=O)(=O)c2c(C)n[nH]c2C)cc1. The van der Waals surface area contributed by atoms with Gasteiger partial charge >= 0.3 is 0 Å². The Balaban J connectivity index is 1.99. The zero-order valence-corrected chi connectivity index (χ0v) is 15.1. The largest absolute Gasteiger partial charge is 0.351 e. The van der Waals surface area contributed by atoms with E-state index in [1.54, 1.807) is 13.8 Å². The molecule has 8 heteroatoms. The lowest BCUT2D eigenvalue weighted by Crippen LogP contribution is -2.38. The van der Waals surface area contributed by atoms with Crippen molar-refractivity contribution in [1.29, 1.82) is 0 Å². The number of aryl methyl sites for hydroxylation is 3. The van der Waals surface area contributed by atoms with Crippen molar-refractivity contribution in [2.24, 2.45) is 0 Å². The van der Waals surface area contributed by atoms with Crippen LogP contribution in [0, 0.1) is 20.8 Å². The van der Waals surface area contributed by atoms with Gasteiger partial charge in [-0.25, -0.2) is 8.42 Å². The Morgan fingerprint density at radius 1 is 1.21 bits per heavy atom. The van der Waals surface area contributed by atoms with Crippen LogP contribution in [0.4, 0.5) is 0 Å². The van der Waals surface area contributed by atoms with Crippen LogP contribution in [-0.2, 0) is 21.4 Å². The summed E-state index contributed by atoms with van der Waals surface area (Å²) in [6.07, 6.45) is 0. The highest BCUT2D eigenvalue weighted by molar-refractivity contribution is 7.89. The standard InChI is InChI=1S/C16H22N4O3S/c1-11-5-7-14(8-6-11)9-17-15(21)10-20(4)24(22,23)16-12(2)18-19-13(16)3/h5-8H,9-10H2,1-4H3,(H,17,21)(H,18,19). The van der Waals surface area contributed by atoms with Gasteiger partial charge in [0.05, 0.1) is 17.9 Å². The van der Waals surface area contributed by atoms with Crippen molar-refractivity contribution in [3.8, 4) is 0 Å². The molecule has 2 N–H and O–H groups in total. The molecule has 0 unspecified atom stereocenters. The zero-order chi connectivity index (χ0) is 17.9. The van der Waals surface area contributed by atoms with Gasteiger partial charge in [-0.05, 0) is 26.3 Å². The average Bonchev–Trinajstić information content (AvgIpc) is 2.86. The molecule has 0 radical (unpaired) electrons. The summed E-state index contributed by atoms with van der Waals surface area (Å²) in [5.74, 6) is -0.361. The topological polar surface area (TPSA) is 95.2 Å². The second-order valence-corrected chi connectivity index (χ2v) is 7.77. The summed E-state index contributed by atoms with van der Waals surface area (Å²) in [4.78, 5) is 12.2. The molecule has 0 atom stereocenters. The molecule has 1 aromatic heterocycles. The van der Waals surface area contributed by atoms with E-state index in [1.807, 2.05) is 31.2 Å². The fourth-order valence-corrected chi connectivity index (χ4v) is 3.78. The number of sulfonamides is 1. The number of amides is 1. The predicted octanol–water partition coefficient (Wildman–Crippen LogP) is 1.27. The predicted molar refractivity (Wildman–Crippen MR) is 90.9 cm³/mol. The van der Waals surface area contributed by atoms with Crippen molar-refractivity contribution in [2.75, 3.05) is 13.6 Å². The average molecular weight is 350 g/mol. The molecular formula is C16H22N4O3S. The Labute approximate surface area is 142 Å². The number of hydrogen-bond donors (Lipinski definition) is 2. The van der Waals surface area contributed by atoms with Crippen LogP contribution < -0.4 is 5.32 Å². The van der Waals surface area contributed by atoms with Crippen molar-refractivity contribution < 1.29 is 13.2 Å². The molecule has 0 aliphatic rings. The molecule has 0 spiro atoms. The van der Waals surface area contributed by atoms with Crippen LogP contribution in [0.5, 0.6) is 0 Å². The lowest BCUT2D eigenvalue weighted by molar-refractivity contribution is -0.121. The molecule has 0 saturated heterocycles. The molecule has 1 amide bonds. The molecule has 7 nitrogen and oxygen atoms in total. The fraction of sp³-hybridized carbons (Fsp3) is 0.375. The van der Waals surface area contributed by atoms with E-state index >= 15 is 0 Å². The number of rotatable bonds is 6. The number of carbonyl (C=O) groups is 1. The molecule has 0 fully saturated rings. The molecule has 0 aliphatic carbocycles. The first-order valence-electron chi connectivity index (χ1n) is 7.52. The van der Waals surface area contributed by atoms with Crippen LogP contribution in [0.15, 0.2) is 29.2 Å². The zero-order valence-electron chi connectivity index (χ0n) is 14.3. The molecule has 1 aromatic carbocycles. The van der Waals surface area contributed by atoms with Crippen molar-refractivity contribution in [3.05, 3.63) is 46.8 Å². The van der Waals surface area contributed by atoms with E-state index < -0.39 is 10.0 Å². The van der Waals surface area contributed by atoms with Gasteiger partial charge in [0, 0.05) is 13.6 Å². The number of nitrogens with zero attached hydrogens (tertiary/aromatic N) is 2. The van der Waals surface area contributed by atoms with Crippen LogP contribution >= 0.6 is 0 Å². The molecule has 24 heavy (non-hydrogen) atoms. The molecule has 1 heterocycles. The minimum absolute atomic E-state index is 0.122. The highest BCUT2D eigenvalue weighted by Gasteiger charge is 2.28. The molecular weight excluding hydrogens is 328 g/mol.